The molecule has 1 aliphatic rings. The van der Waals surface area contributed by atoms with Crippen LogP contribution in [0.4, 0.5) is 0 Å². The normalized spacial score (nSPS) is 16.0. The summed E-state index contributed by atoms with van der Waals surface area (Å²) in [5.74, 6) is 2.03. The zero-order valence-corrected chi connectivity index (χ0v) is 19.1. The number of nitrogens with one attached hydrogen (secondary N) is 2. The average molecular weight is 477 g/mol. The highest BCUT2D eigenvalue weighted by atomic mass is 127. The highest BCUT2D eigenvalue weighted by molar-refractivity contribution is 14.0. The SMILES string of the molecule is CN=C(NCCCN(C)C1CCCCC1)NCc1cc(C(C)C)no1.I. The number of hydrogen-bond acceptors (Lipinski definition) is 4. The van der Waals surface area contributed by atoms with Crippen LogP contribution in [0.3, 0.4) is 0 Å². The van der Waals surface area contributed by atoms with Crippen LogP contribution in [0.5, 0.6) is 0 Å². The van der Waals surface area contributed by atoms with E-state index in [-0.39, 0.29) is 24.0 Å². The third-order valence-corrected chi connectivity index (χ3v) is 5.00. The van der Waals surface area contributed by atoms with Crippen molar-refractivity contribution in [3.63, 3.8) is 0 Å². The van der Waals surface area contributed by atoms with Gasteiger partial charge >= 0.3 is 0 Å². The number of rotatable bonds is 8. The smallest absolute Gasteiger partial charge is 0.191 e. The van der Waals surface area contributed by atoms with Gasteiger partial charge in [0.25, 0.3) is 0 Å². The van der Waals surface area contributed by atoms with E-state index in [0.29, 0.717) is 12.5 Å². The summed E-state index contributed by atoms with van der Waals surface area (Å²) < 4.78 is 5.34. The van der Waals surface area contributed by atoms with Gasteiger partial charge in [-0.15, -0.1) is 24.0 Å². The summed E-state index contributed by atoms with van der Waals surface area (Å²) in [6, 6.07) is 2.79. The molecule has 0 aromatic carbocycles. The largest absolute Gasteiger partial charge is 0.359 e. The number of aliphatic imine (C=N–C) groups is 1. The van der Waals surface area contributed by atoms with E-state index in [1.54, 1.807) is 7.05 Å². The molecule has 0 aliphatic heterocycles. The van der Waals surface area contributed by atoms with Gasteiger partial charge in [-0.1, -0.05) is 38.3 Å². The molecule has 1 heterocycles. The van der Waals surface area contributed by atoms with Gasteiger partial charge in [0.2, 0.25) is 0 Å². The molecule has 0 saturated heterocycles. The van der Waals surface area contributed by atoms with Crippen molar-refractivity contribution in [1.82, 2.24) is 20.7 Å². The van der Waals surface area contributed by atoms with Crippen LogP contribution in [0.15, 0.2) is 15.6 Å². The summed E-state index contributed by atoms with van der Waals surface area (Å²) in [5.41, 5.74) is 0.991. The van der Waals surface area contributed by atoms with E-state index >= 15 is 0 Å². The fourth-order valence-electron chi connectivity index (χ4n) is 3.32. The highest BCUT2D eigenvalue weighted by Crippen LogP contribution is 2.21. The maximum Gasteiger partial charge on any atom is 0.191 e. The molecule has 0 amide bonds. The lowest BCUT2D eigenvalue weighted by atomic mass is 9.94. The lowest BCUT2D eigenvalue weighted by molar-refractivity contribution is 0.190. The molecule has 0 bridgehead atoms. The van der Waals surface area contributed by atoms with Gasteiger partial charge in [-0.25, -0.2) is 0 Å². The van der Waals surface area contributed by atoms with Crippen LogP contribution in [0.2, 0.25) is 0 Å². The summed E-state index contributed by atoms with van der Waals surface area (Å²) in [7, 11) is 4.06. The molecule has 0 unspecified atom stereocenters. The molecule has 1 aliphatic carbocycles. The van der Waals surface area contributed by atoms with Gasteiger partial charge in [0.1, 0.15) is 0 Å². The Kier molecular flexibility index (Phi) is 11.2. The molecule has 1 fully saturated rings. The predicted octanol–water partition coefficient (Wildman–Crippen LogP) is 3.74. The van der Waals surface area contributed by atoms with Crippen LogP contribution in [0, 0.1) is 0 Å². The van der Waals surface area contributed by atoms with Gasteiger partial charge in [-0.2, -0.15) is 0 Å². The second-order valence-corrected chi connectivity index (χ2v) is 7.35. The minimum absolute atomic E-state index is 0. The first-order valence-electron chi connectivity index (χ1n) is 9.70. The van der Waals surface area contributed by atoms with Gasteiger partial charge in [-0.3, -0.25) is 4.99 Å². The molecular weight excluding hydrogens is 441 g/mol. The summed E-state index contributed by atoms with van der Waals surface area (Å²) in [5, 5.41) is 10.7. The average Bonchev–Trinajstić information content (AvgIpc) is 3.11. The van der Waals surface area contributed by atoms with Crippen LogP contribution in [-0.2, 0) is 6.54 Å². The van der Waals surface area contributed by atoms with Crippen molar-refractivity contribution in [3.8, 4) is 0 Å². The van der Waals surface area contributed by atoms with Crippen LogP contribution < -0.4 is 10.6 Å². The first-order valence-corrected chi connectivity index (χ1v) is 9.70. The Labute approximate surface area is 175 Å². The van der Waals surface area contributed by atoms with Gasteiger partial charge in [0.05, 0.1) is 12.2 Å². The Morgan fingerprint density at radius 2 is 2.04 bits per heavy atom. The molecule has 0 atom stereocenters. The van der Waals surface area contributed by atoms with Crippen molar-refractivity contribution in [2.24, 2.45) is 4.99 Å². The Balaban J connectivity index is 0.00000338. The first kappa shape index (κ1) is 23.2. The Morgan fingerprint density at radius 3 is 2.65 bits per heavy atom. The number of halogens is 1. The van der Waals surface area contributed by atoms with E-state index in [2.05, 4.69) is 46.6 Å². The van der Waals surface area contributed by atoms with Crippen molar-refractivity contribution in [2.45, 2.75) is 70.9 Å². The van der Waals surface area contributed by atoms with E-state index in [0.717, 1.165) is 43.0 Å². The zero-order valence-electron chi connectivity index (χ0n) is 16.8. The van der Waals surface area contributed by atoms with E-state index in [1.807, 2.05) is 6.07 Å². The fourth-order valence-corrected chi connectivity index (χ4v) is 3.32. The maximum absolute atomic E-state index is 5.34. The molecule has 150 valence electrons. The van der Waals surface area contributed by atoms with Crippen LogP contribution in [-0.4, -0.2) is 49.2 Å². The topological polar surface area (TPSA) is 65.7 Å². The summed E-state index contributed by atoms with van der Waals surface area (Å²) >= 11 is 0. The van der Waals surface area contributed by atoms with E-state index in [1.165, 1.54) is 32.1 Å². The van der Waals surface area contributed by atoms with E-state index in [4.69, 9.17) is 4.52 Å². The Morgan fingerprint density at radius 1 is 1.31 bits per heavy atom. The maximum atomic E-state index is 5.34. The minimum atomic E-state index is 0. The first-order chi connectivity index (χ1) is 12.1. The molecule has 1 aromatic heterocycles. The molecule has 2 rings (SSSR count). The lowest BCUT2D eigenvalue weighted by Gasteiger charge is -2.31. The van der Waals surface area contributed by atoms with Crippen LogP contribution >= 0.6 is 24.0 Å². The lowest BCUT2D eigenvalue weighted by Crippen LogP contribution is -2.39. The molecule has 1 saturated carbocycles. The Bertz CT molecular complexity index is 526. The standard InChI is InChI=1S/C19H35N5O.HI/c1-15(2)18-13-17(25-23-18)14-22-19(20-3)21-11-8-12-24(4)16-9-6-5-7-10-16;/h13,15-16H,5-12,14H2,1-4H3,(H2,20,21,22);1H. The van der Waals surface area contributed by atoms with Gasteiger partial charge in [-0.05, 0) is 38.8 Å². The van der Waals surface area contributed by atoms with Crippen molar-refractivity contribution >= 4 is 29.9 Å². The monoisotopic (exact) mass is 477 g/mol. The second-order valence-electron chi connectivity index (χ2n) is 7.35. The third kappa shape index (κ3) is 7.82. The molecule has 6 nitrogen and oxygen atoms in total. The highest BCUT2D eigenvalue weighted by Gasteiger charge is 2.17. The molecular formula is C19H36IN5O. The summed E-state index contributed by atoms with van der Waals surface area (Å²) in [6.07, 6.45) is 8.05. The number of hydrogen-bond donors (Lipinski definition) is 2. The number of nitrogens with zero attached hydrogens (tertiary/aromatic N) is 3. The molecule has 0 spiro atoms. The molecule has 7 heteroatoms. The summed E-state index contributed by atoms with van der Waals surface area (Å²) in [4.78, 5) is 6.80. The van der Waals surface area contributed by atoms with Gasteiger partial charge < -0.3 is 20.1 Å². The van der Waals surface area contributed by atoms with E-state index in [9.17, 15) is 0 Å². The predicted molar refractivity (Wildman–Crippen MR) is 118 cm³/mol. The molecule has 26 heavy (non-hydrogen) atoms. The van der Waals surface area contributed by atoms with Crippen molar-refractivity contribution < 1.29 is 4.52 Å². The minimum Gasteiger partial charge on any atom is -0.359 e. The van der Waals surface area contributed by atoms with E-state index < -0.39 is 0 Å². The van der Waals surface area contributed by atoms with Gasteiger partial charge in [0, 0.05) is 25.7 Å². The fraction of sp³-hybridized carbons (Fsp3) is 0.789. The second kappa shape index (κ2) is 12.5. The number of aromatic nitrogens is 1. The number of guanidine groups is 1. The van der Waals surface area contributed by atoms with Crippen molar-refractivity contribution in [3.05, 3.63) is 17.5 Å². The Hall–Kier alpha value is -0.830. The van der Waals surface area contributed by atoms with Crippen LogP contribution in [0.1, 0.15) is 69.7 Å². The third-order valence-electron chi connectivity index (χ3n) is 5.00. The summed E-state index contributed by atoms with van der Waals surface area (Å²) in [6.45, 7) is 6.88. The molecule has 2 N–H and O–H groups in total. The van der Waals surface area contributed by atoms with Gasteiger partial charge in [0.15, 0.2) is 11.7 Å². The van der Waals surface area contributed by atoms with Crippen molar-refractivity contribution in [2.75, 3.05) is 27.2 Å². The molecule has 1 aromatic rings. The quantitative estimate of drug-likeness (QED) is 0.259. The van der Waals surface area contributed by atoms with Crippen LogP contribution in [0.25, 0.3) is 0 Å². The zero-order chi connectivity index (χ0) is 18.1. The van der Waals surface area contributed by atoms with Crippen molar-refractivity contribution in [1.29, 1.82) is 0 Å². The molecule has 0 radical (unpaired) electrons.